The summed E-state index contributed by atoms with van der Waals surface area (Å²) in [4.78, 5) is 0. The SMILES string of the molecule is FC(F)Oc1ccc([C@H]2[NH2+]Cc3ccccc3-n3cccc32)cc1. The molecule has 0 saturated carbocycles. The number of quaternary nitrogens is 1. The molecule has 3 nitrogen and oxygen atoms in total. The van der Waals surface area contributed by atoms with Gasteiger partial charge in [0, 0.05) is 17.3 Å². The number of halogens is 2. The number of nitrogens with two attached hydrogens (primary N) is 1. The van der Waals surface area contributed by atoms with Gasteiger partial charge in [-0.2, -0.15) is 8.78 Å². The van der Waals surface area contributed by atoms with Gasteiger partial charge in [0.15, 0.2) is 6.04 Å². The maximum absolute atomic E-state index is 12.3. The van der Waals surface area contributed by atoms with Crippen LogP contribution in [0, 0.1) is 0 Å². The molecule has 0 amide bonds. The Kier molecular flexibility index (Phi) is 3.78. The van der Waals surface area contributed by atoms with Crippen LogP contribution in [0.2, 0.25) is 0 Å². The van der Waals surface area contributed by atoms with Gasteiger partial charge in [-0.15, -0.1) is 0 Å². The third kappa shape index (κ3) is 2.67. The number of nitrogens with zero attached hydrogens (tertiary/aromatic N) is 1. The van der Waals surface area contributed by atoms with Crippen LogP contribution in [0.5, 0.6) is 5.75 Å². The molecule has 0 fully saturated rings. The van der Waals surface area contributed by atoms with Crippen LogP contribution in [0.3, 0.4) is 0 Å². The van der Waals surface area contributed by atoms with E-state index in [1.165, 1.54) is 16.9 Å². The normalized spacial score (nSPS) is 16.4. The van der Waals surface area contributed by atoms with Gasteiger partial charge in [-0.05, 0) is 42.5 Å². The van der Waals surface area contributed by atoms with Crippen molar-refractivity contribution in [3.8, 4) is 11.4 Å². The van der Waals surface area contributed by atoms with Crippen molar-refractivity contribution < 1.29 is 18.8 Å². The first kappa shape index (κ1) is 14.9. The van der Waals surface area contributed by atoms with Crippen LogP contribution < -0.4 is 10.1 Å². The summed E-state index contributed by atoms with van der Waals surface area (Å²) >= 11 is 0. The molecule has 24 heavy (non-hydrogen) atoms. The second-order valence-corrected chi connectivity index (χ2v) is 5.80. The topological polar surface area (TPSA) is 30.8 Å². The molecule has 0 spiro atoms. The molecule has 2 aromatic carbocycles. The number of para-hydroxylation sites is 1. The molecule has 0 radical (unpaired) electrons. The summed E-state index contributed by atoms with van der Waals surface area (Å²) in [6, 6.07) is 19.5. The predicted octanol–water partition coefficient (Wildman–Crippen LogP) is 3.25. The fourth-order valence-electron chi connectivity index (χ4n) is 3.31. The molecule has 1 aliphatic rings. The number of fused-ring (bicyclic) bond motifs is 3. The van der Waals surface area contributed by atoms with Gasteiger partial charge < -0.3 is 14.6 Å². The molecule has 122 valence electrons. The van der Waals surface area contributed by atoms with Crippen LogP contribution in [-0.4, -0.2) is 11.2 Å². The molecule has 0 aliphatic carbocycles. The van der Waals surface area contributed by atoms with Crippen molar-refractivity contribution in [2.45, 2.75) is 19.2 Å². The number of hydrogen-bond acceptors (Lipinski definition) is 1. The number of rotatable bonds is 3. The van der Waals surface area contributed by atoms with Gasteiger partial charge in [0.2, 0.25) is 0 Å². The Morgan fingerprint density at radius 1 is 1.00 bits per heavy atom. The zero-order chi connectivity index (χ0) is 16.5. The van der Waals surface area contributed by atoms with E-state index < -0.39 is 6.61 Å². The van der Waals surface area contributed by atoms with E-state index in [0.29, 0.717) is 0 Å². The minimum atomic E-state index is -2.80. The van der Waals surface area contributed by atoms with Crippen molar-refractivity contribution in [2.75, 3.05) is 0 Å². The maximum Gasteiger partial charge on any atom is 0.387 e. The van der Waals surface area contributed by atoms with Crippen molar-refractivity contribution in [1.82, 2.24) is 4.57 Å². The predicted molar refractivity (Wildman–Crippen MR) is 86.3 cm³/mol. The van der Waals surface area contributed by atoms with E-state index in [0.717, 1.165) is 12.1 Å². The Bertz CT molecular complexity index is 843. The summed E-state index contributed by atoms with van der Waals surface area (Å²) in [5, 5.41) is 2.26. The molecule has 0 saturated heterocycles. The first-order valence-electron chi connectivity index (χ1n) is 7.86. The number of aromatic nitrogens is 1. The van der Waals surface area contributed by atoms with Crippen LogP contribution in [0.1, 0.15) is 22.9 Å². The van der Waals surface area contributed by atoms with Gasteiger partial charge >= 0.3 is 6.61 Å². The van der Waals surface area contributed by atoms with Gasteiger partial charge in [0.1, 0.15) is 12.3 Å². The number of hydrogen-bond donors (Lipinski definition) is 1. The Labute approximate surface area is 138 Å². The molecule has 2 N–H and O–H groups in total. The molecule has 1 atom stereocenters. The summed E-state index contributed by atoms with van der Waals surface area (Å²) in [6.45, 7) is -1.94. The summed E-state index contributed by atoms with van der Waals surface area (Å²) < 4.78 is 31.2. The van der Waals surface area contributed by atoms with Crippen LogP contribution in [0.25, 0.3) is 5.69 Å². The first-order chi connectivity index (χ1) is 11.7. The third-order valence-corrected chi connectivity index (χ3v) is 4.39. The van der Waals surface area contributed by atoms with Gasteiger partial charge in [0.25, 0.3) is 0 Å². The Hall–Kier alpha value is -2.66. The van der Waals surface area contributed by atoms with Gasteiger partial charge in [0.05, 0.1) is 11.4 Å². The van der Waals surface area contributed by atoms with Crippen LogP contribution in [0.4, 0.5) is 8.78 Å². The summed E-state index contributed by atoms with van der Waals surface area (Å²) in [5.41, 5.74) is 4.69. The molecule has 0 bridgehead atoms. The van der Waals surface area contributed by atoms with Crippen LogP contribution in [-0.2, 0) is 6.54 Å². The van der Waals surface area contributed by atoms with E-state index in [9.17, 15) is 8.78 Å². The smallest absolute Gasteiger partial charge is 0.387 e. The average Bonchev–Trinajstić information content (AvgIpc) is 3.00. The highest BCUT2D eigenvalue weighted by molar-refractivity contribution is 5.45. The van der Waals surface area contributed by atoms with Gasteiger partial charge in [-0.3, -0.25) is 0 Å². The summed E-state index contributed by atoms with van der Waals surface area (Å²) in [6.07, 6.45) is 2.06. The van der Waals surface area contributed by atoms with E-state index in [1.807, 2.05) is 30.3 Å². The molecule has 1 aliphatic heterocycles. The Balaban J connectivity index is 1.71. The summed E-state index contributed by atoms with van der Waals surface area (Å²) in [7, 11) is 0. The molecule has 0 unspecified atom stereocenters. The standard InChI is InChI=1S/C19H16F2N2O/c20-19(21)24-15-9-7-13(8-10-15)18-17-6-3-11-23(17)16-5-2-1-4-14(16)12-22-18/h1-11,18-19,22H,12H2/p+1/t18-/m1/s1. The largest absolute Gasteiger partial charge is 0.435 e. The van der Waals surface area contributed by atoms with E-state index in [-0.39, 0.29) is 11.8 Å². The van der Waals surface area contributed by atoms with E-state index in [2.05, 4.69) is 39.0 Å². The lowest BCUT2D eigenvalue weighted by atomic mass is 10.0. The molecule has 5 heteroatoms. The second-order valence-electron chi connectivity index (χ2n) is 5.80. The highest BCUT2D eigenvalue weighted by atomic mass is 19.3. The average molecular weight is 327 g/mol. The maximum atomic E-state index is 12.3. The highest BCUT2D eigenvalue weighted by Crippen LogP contribution is 2.28. The molecular formula is C19H17F2N2O+. The lowest BCUT2D eigenvalue weighted by molar-refractivity contribution is -0.702. The lowest BCUT2D eigenvalue weighted by Gasteiger charge is -2.15. The monoisotopic (exact) mass is 327 g/mol. The van der Waals surface area contributed by atoms with Crippen molar-refractivity contribution in [2.24, 2.45) is 0 Å². The zero-order valence-corrected chi connectivity index (χ0v) is 12.9. The minimum Gasteiger partial charge on any atom is -0.435 e. The molecule has 3 aromatic rings. The quantitative estimate of drug-likeness (QED) is 0.786. The fraction of sp³-hybridized carbons (Fsp3) is 0.158. The van der Waals surface area contributed by atoms with E-state index in [4.69, 9.17) is 0 Å². The lowest BCUT2D eigenvalue weighted by Crippen LogP contribution is -2.83. The Morgan fingerprint density at radius 3 is 2.58 bits per heavy atom. The molecule has 1 aromatic heterocycles. The van der Waals surface area contributed by atoms with Crippen LogP contribution >= 0.6 is 0 Å². The minimum absolute atomic E-state index is 0.105. The van der Waals surface area contributed by atoms with Crippen LogP contribution in [0.15, 0.2) is 66.9 Å². The molecule has 4 rings (SSSR count). The van der Waals surface area contributed by atoms with E-state index >= 15 is 0 Å². The van der Waals surface area contributed by atoms with Crippen molar-refractivity contribution in [1.29, 1.82) is 0 Å². The van der Waals surface area contributed by atoms with Crippen molar-refractivity contribution >= 4 is 0 Å². The number of benzene rings is 2. The zero-order valence-electron chi connectivity index (χ0n) is 12.9. The molecular weight excluding hydrogens is 310 g/mol. The first-order valence-corrected chi connectivity index (χ1v) is 7.86. The van der Waals surface area contributed by atoms with E-state index in [1.54, 1.807) is 12.1 Å². The van der Waals surface area contributed by atoms with Crippen molar-refractivity contribution in [3.05, 3.63) is 83.7 Å². The second kappa shape index (κ2) is 6.09. The van der Waals surface area contributed by atoms with Gasteiger partial charge in [-0.1, -0.05) is 18.2 Å². The fourth-order valence-corrected chi connectivity index (χ4v) is 3.31. The van der Waals surface area contributed by atoms with Crippen molar-refractivity contribution in [3.63, 3.8) is 0 Å². The molecule has 2 heterocycles. The highest BCUT2D eigenvalue weighted by Gasteiger charge is 2.25. The Morgan fingerprint density at radius 2 is 1.79 bits per heavy atom. The third-order valence-electron chi connectivity index (χ3n) is 4.39. The number of ether oxygens (including phenoxy) is 1. The van der Waals surface area contributed by atoms with Gasteiger partial charge in [-0.25, -0.2) is 0 Å². The number of alkyl halides is 2. The summed E-state index contributed by atoms with van der Waals surface area (Å²) in [5.74, 6) is 0.182.